The second-order valence-electron chi connectivity index (χ2n) is 9.45. The number of methoxy groups -OCH3 is 3. The number of ether oxygens (including phenoxy) is 4. The van der Waals surface area contributed by atoms with E-state index in [9.17, 15) is 9.90 Å². The Morgan fingerprint density at radius 2 is 1.78 bits per heavy atom. The number of para-hydroxylation sites is 1. The van der Waals surface area contributed by atoms with Crippen molar-refractivity contribution in [2.24, 2.45) is 5.92 Å². The summed E-state index contributed by atoms with van der Waals surface area (Å²) in [6, 6.07) is 11.3. The highest BCUT2D eigenvalue weighted by Gasteiger charge is 2.50. The van der Waals surface area contributed by atoms with Gasteiger partial charge in [-0.1, -0.05) is 31.0 Å². The van der Waals surface area contributed by atoms with E-state index < -0.39 is 5.60 Å². The minimum Gasteiger partial charge on any atom is -0.494 e. The molecule has 1 N–H and O–H groups in total. The van der Waals surface area contributed by atoms with Crippen LogP contribution < -0.4 is 18.9 Å². The zero-order valence-corrected chi connectivity index (χ0v) is 21.7. The topological polar surface area (TPSA) is 77.5 Å². The van der Waals surface area contributed by atoms with Gasteiger partial charge in [-0.05, 0) is 56.0 Å². The molecule has 1 amide bonds. The molecule has 1 aliphatic heterocycles. The molecular weight excluding hydrogens is 458 g/mol. The third-order valence-corrected chi connectivity index (χ3v) is 7.49. The van der Waals surface area contributed by atoms with Crippen molar-refractivity contribution in [2.75, 3.05) is 34.5 Å². The maximum absolute atomic E-state index is 13.7. The summed E-state index contributed by atoms with van der Waals surface area (Å²) < 4.78 is 22.3. The fourth-order valence-electron chi connectivity index (χ4n) is 5.79. The largest absolute Gasteiger partial charge is 0.494 e. The molecule has 7 nitrogen and oxygen atoms in total. The van der Waals surface area contributed by atoms with Crippen molar-refractivity contribution in [2.45, 2.75) is 50.7 Å². The zero-order chi connectivity index (χ0) is 25.7. The number of hydrogen-bond donors (Lipinski definition) is 1. The smallest absolute Gasteiger partial charge is 0.247 e. The van der Waals surface area contributed by atoms with Crippen LogP contribution in [0.25, 0.3) is 6.08 Å². The van der Waals surface area contributed by atoms with Crippen molar-refractivity contribution in [3.05, 3.63) is 53.6 Å². The lowest BCUT2D eigenvalue weighted by atomic mass is 9.66. The first-order valence-electron chi connectivity index (χ1n) is 12.7. The molecule has 2 fully saturated rings. The van der Waals surface area contributed by atoms with Crippen LogP contribution >= 0.6 is 0 Å². The van der Waals surface area contributed by atoms with E-state index in [1.54, 1.807) is 33.5 Å². The molecule has 7 heteroatoms. The van der Waals surface area contributed by atoms with Crippen LogP contribution in [0.1, 0.15) is 56.2 Å². The maximum atomic E-state index is 13.7. The fraction of sp³-hybridized carbons (Fsp3) is 0.483. The van der Waals surface area contributed by atoms with Gasteiger partial charge in [0.1, 0.15) is 5.75 Å². The van der Waals surface area contributed by atoms with E-state index >= 15 is 0 Å². The minimum atomic E-state index is -0.764. The normalized spacial score (nSPS) is 23.8. The number of carbonyl (C=O) groups is 1. The number of rotatable bonds is 8. The lowest BCUT2D eigenvalue weighted by Crippen LogP contribution is -2.56. The number of piperidine rings is 1. The van der Waals surface area contributed by atoms with Gasteiger partial charge >= 0.3 is 0 Å². The summed E-state index contributed by atoms with van der Waals surface area (Å²) in [6.45, 7) is 2.97. The lowest BCUT2D eigenvalue weighted by molar-refractivity contribution is -0.151. The van der Waals surface area contributed by atoms with Crippen molar-refractivity contribution in [1.29, 1.82) is 0 Å². The average molecular weight is 496 g/mol. The number of likely N-dealkylation sites (tertiary alicyclic amines) is 1. The van der Waals surface area contributed by atoms with E-state index in [0.717, 1.165) is 42.6 Å². The van der Waals surface area contributed by atoms with E-state index in [2.05, 4.69) is 0 Å². The first-order valence-corrected chi connectivity index (χ1v) is 12.7. The number of fused-ring (bicyclic) bond motifs is 1. The highest BCUT2D eigenvalue weighted by Crippen LogP contribution is 2.51. The Bertz CT molecular complexity index is 1070. The Kier molecular flexibility index (Phi) is 8.09. The van der Waals surface area contributed by atoms with Gasteiger partial charge in [-0.15, -0.1) is 0 Å². The number of amides is 1. The van der Waals surface area contributed by atoms with Crippen LogP contribution in [0.3, 0.4) is 0 Å². The molecule has 194 valence electrons. The van der Waals surface area contributed by atoms with E-state index in [1.807, 2.05) is 48.2 Å². The number of hydrogen-bond acceptors (Lipinski definition) is 6. The van der Waals surface area contributed by atoms with Gasteiger partial charge in [0, 0.05) is 24.1 Å². The Balaban J connectivity index is 1.69. The summed E-state index contributed by atoms with van der Waals surface area (Å²) in [6.07, 6.45) is 7.64. The molecule has 2 aromatic rings. The fourth-order valence-corrected chi connectivity index (χ4v) is 5.79. The second kappa shape index (κ2) is 11.2. The van der Waals surface area contributed by atoms with E-state index in [0.29, 0.717) is 36.8 Å². The summed E-state index contributed by atoms with van der Waals surface area (Å²) in [5.74, 6) is 2.18. The second-order valence-corrected chi connectivity index (χ2v) is 9.45. The molecule has 1 saturated carbocycles. The minimum absolute atomic E-state index is 0.0415. The summed E-state index contributed by atoms with van der Waals surface area (Å²) in [4.78, 5) is 15.6. The standard InChI is InChI=1S/C29H37NO6/c1-5-36-23-12-7-6-10-21(23)27-22-11-8-9-15-29(22,32)16-17-30(27)26(31)14-13-20-18-24(33-2)28(35-4)25(19-20)34-3/h6-7,10,12-14,18-19,22,27,32H,5,8-9,11,15-17H2,1-4H3/b14-13+/t22-,27-,29-/m0/s1. The van der Waals surface area contributed by atoms with Crippen molar-refractivity contribution < 1.29 is 28.8 Å². The van der Waals surface area contributed by atoms with Crippen molar-refractivity contribution in [1.82, 2.24) is 4.90 Å². The van der Waals surface area contributed by atoms with Crippen LogP contribution in [0.4, 0.5) is 0 Å². The van der Waals surface area contributed by atoms with Crippen LogP contribution in [0, 0.1) is 5.92 Å². The van der Waals surface area contributed by atoms with E-state index in [1.165, 1.54) is 0 Å². The van der Waals surface area contributed by atoms with Gasteiger partial charge in [0.05, 0.1) is 39.6 Å². The van der Waals surface area contributed by atoms with Crippen LogP contribution in [0.5, 0.6) is 23.0 Å². The lowest BCUT2D eigenvalue weighted by Gasteiger charge is -2.52. The highest BCUT2D eigenvalue weighted by atomic mass is 16.5. The van der Waals surface area contributed by atoms with Gasteiger partial charge in [0.25, 0.3) is 0 Å². The SMILES string of the molecule is CCOc1ccccc1[C@H]1[C@@H]2CCCC[C@]2(O)CCN1C(=O)/C=C/c1cc(OC)c(OC)c(OC)c1. The van der Waals surface area contributed by atoms with Gasteiger partial charge in [0.15, 0.2) is 11.5 Å². The predicted molar refractivity (Wildman–Crippen MR) is 139 cm³/mol. The molecule has 4 rings (SSSR count). The molecule has 0 spiro atoms. The number of aliphatic hydroxyl groups is 1. The Labute approximate surface area is 213 Å². The first kappa shape index (κ1) is 25.9. The summed E-state index contributed by atoms with van der Waals surface area (Å²) in [7, 11) is 4.69. The monoisotopic (exact) mass is 495 g/mol. The maximum Gasteiger partial charge on any atom is 0.247 e. The zero-order valence-electron chi connectivity index (χ0n) is 21.7. The molecule has 1 heterocycles. The predicted octanol–water partition coefficient (Wildman–Crippen LogP) is 5.02. The molecule has 3 atom stereocenters. The summed E-state index contributed by atoms with van der Waals surface area (Å²) >= 11 is 0. The molecule has 2 aliphatic rings. The van der Waals surface area contributed by atoms with Gasteiger partial charge in [-0.2, -0.15) is 0 Å². The van der Waals surface area contributed by atoms with Gasteiger partial charge in [0.2, 0.25) is 11.7 Å². The van der Waals surface area contributed by atoms with Crippen LogP contribution in [0.2, 0.25) is 0 Å². The molecule has 1 aliphatic carbocycles. The van der Waals surface area contributed by atoms with Crippen LogP contribution in [0.15, 0.2) is 42.5 Å². The van der Waals surface area contributed by atoms with Crippen molar-refractivity contribution in [3.8, 4) is 23.0 Å². The van der Waals surface area contributed by atoms with Gasteiger partial charge in [-0.25, -0.2) is 0 Å². The van der Waals surface area contributed by atoms with Gasteiger partial charge < -0.3 is 29.0 Å². The van der Waals surface area contributed by atoms with Crippen molar-refractivity contribution in [3.63, 3.8) is 0 Å². The molecule has 0 bridgehead atoms. The molecular formula is C29H37NO6. The summed E-state index contributed by atoms with van der Waals surface area (Å²) in [5, 5.41) is 11.6. The van der Waals surface area contributed by atoms with Crippen LogP contribution in [-0.2, 0) is 4.79 Å². The summed E-state index contributed by atoms with van der Waals surface area (Å²) in [5.41, 5.74) is 0.952. The van der Waals surface area contributed by atoms with Crippen molar-refractivity contribution >= 4 is 12.0 Å². The molecule has 0 radical (unpaired) electrons. The quantitative estimate of drug-likeness (QED) is 0.518. The molecule has 1 saturated heterocycles. The van der Waals surface area contributed by atoms with Gasteiger partial charge in [-0.3, -0.25) is 4.79 Å². The first-order chi connectivity index (χ1) is 17.5. The Morgan fingerprint density at radius 1 is 1.06 bits per heavy atom. The molecule has 0 aromatic heterocycles. The Hall–Kier alpha value is -3.19. The third kappa shape index (κ3) is 5.03. The Morgan fingerprint density at radius 3 is 2.44 bits per heavy atom. The number of carbonyl (C=O) groups excluding carboxylic acids is 1. The number of benzene rings is 2. The highest BCUT2D eigenvalue weighted by molar-refractivity contribution is 5.92. The number of nitrogens with zero attached hydrogens (tertiary/aromatic N) is 1. The van der Waals surface area contributed by atoms with E-state index in [4.69, 9.17) is 18.9 Å². The van der Waals surface area contributed by atoms with E-state index in [-0.39, 0.29) is 17.9 Å². The van der Waals surface area contributed by atoms with Crippen LogP contribution in [-0.4, -0.2) is 56.0 Å². The average Bonchev–Trinajstić information content (AvgIpc) is 2.90. The molecule has 2 aromatic carbocycles. The third-order valence-electron chi connectivity index (χ3n) is 7.49. The molecule has 36 heavy (non-hydrogen) atoms. The molecule has 0 unspecified atom stereocenters.